The Hall–Kier alpha value is -1.14. The van der Waals surface area contributed by atoms with Crippen LogP contribution in [0.3, 0.4) is 0 Å². The van der Waals surface area contributed by atoms with Gasteiger partial charge in [0.25, 0.3) is 0 Å². The normalized spacial score (nSPS) is 19.9. The molecule has 0 atom stereocenters. The summed E-state index contributed by atoms with van der Waals surface area (Å²) in [6.45, 7) is 2.38. The van der Waals surface area contributed by atoms with Crippen molar-refractivity contribution in [2.45, 2.75) is 6.04 Å². The monoisotopic (exact) mass is 202 g/mol. The number of nitrogens with zero attached hydrogens (tertiary/aromatic N) is 2. The smallest absolute Gasteiger partial charge is 0.332 e. The summed E-state index contributed by atoms with van der Waals surface area (Å²) in [5.41, 5.74) is 0. The average Bonchev–Trinajstić information content (AvgIpc) is 2.07. The van der Waals surface area contributed by atoms with Gasteiger partial charge in [-0.25, -0.2) is 9.59 Å². The van der Waals surface area contributed by atoms with E-state index in [9.17, 15) is 9.59 Å². The highest BCUT2D eigenvalue weighted by Gasteiger charge is 2.33. The van der Waals surface area contributed by atoms with Gasteiger partial charge in [0.15, 0.2) is 0 Å². The lowest BCUT2D eigenvalue weighted by Gasteiger charge is -2.34. The van der Waals surface area contributed by atoms with Crippen LogP contribution in [0.4, 0.5) is 0 Å². The van der Waals surface area contributed by atoms with E-state index in [1.54, 1.807) is 0 Å². The van der Waals surface area contributed by atoms with Crippen molar-refractivity contribution in [1.82, 2.24) is 9.80 Å². The van der Waals surface area contributed by atoms with E-state index in [-0.39, 0.29) is 0 Å². The fraction of sp³-hybridized carbons (Fsp3) is 0.750. The van der Waals surface area contributed by atoms with Gasteiger partial charge in [-0.2, -0.15) is 0 Å². The predicted molar refractivity (Wildman–Crippen MR) is 48.1 cm³/mol. The minimum absolute atomic E-state index is 0.486. The van der Waals surface area contributed by atoms with Crippen LogP contribution in [0.5, 0.6) is 0 Å². The van der Waals surface area contributed by atoms with E-state index < -0.39 is 18.0 Å². The largest absolute Gasteiger partial charge is 0.480 e. The zero-order valence-corrected chi connectivity index (χ0v) is 8.01. The van der Waals surface area contributed by atoms with Crippen LogP contribution >= 0.6 is 0 Å². The van der Waals surface area contributed by atoms with E-state index >= 15 is 0 Å². The first-order valence-corrected chi connectivity index (χ1v) is 4.40. The van der Waals surface area contributed by atoms with Crippen LogP contribution in [0.15, 0.2) is 0 Å². The van der Waals surface area contributed by atoms with Crippen molar-refractivity contribution in [1.29, 1.82) is 0 Å². The molecule has 1 fully saturated rings. The minimum Gasteiger partial charge on any atom is -0.480 e. The first-order chi connectivity index (χ1) is 6.52. The Bertz CT molecular complexity index is 221. The second kappa shape index (κ2) is 4.39. The Morgan fingerprint density at radius 2 is 1.50 bits per heavy atom. The molecule has 1 aliphatic rings. The molecule has 1 rings (SSSR count). The molecule has 2 N–H and O–H groups in total. The average molecular weight is 202 g/mol. The van der Waals surface area contributed by atoms with E-state index in [4.69, 9.17) is 10.2 Å². The number of carboxylic acids is 2. The summed E-state index contributed by atoms with van der Waals surface area (Å²) in [7, 11) is 1.92. The van der Waals surface area contributed by atoms with Gasteiger partial charge in [-0.15, -0.1) is 0 Å². The first-order valence-electron chi connectivity index (χ1n) is 4.40. The summed E-state index contributed by atoms with van der Waals surface area (Å²) in [6, 6.07) is -1.40. The highest BCUT2D eigenvalue weighted by Crippen LogP contribution is 2.05. The topological polar surface area (TPSA) is 81.1 Å². The Balaban J connectivity index is 2.61. The quantitative estimate of drug-likeness (QED) is 0.558. The molecule has 0 saturated carbocycles. The van der Waals surface area contributed by atoms with Crippen molar-refractivity contribution < 1.29 is 19.8 Å². The van der Waals surface area contributed by atoms with Crippen LogP contribution in [0.1, 0.15) is 0 Å². The van der Waals surface area contributed by atoms with Gasteiger partial charge in [0.2, 0.25) is 6.04 Å². The molecular formula is C8H14N2O4. The third-order valence-corrected chi connectivity index (χ3v) is 2.37. The van der Waals surface area contributed by atoms with Crippen molar-refractivity contribution in [3.05, 3.63) is 0 Å². The molecule has 0 aromatic heterocycles. The number of hydrogen-bond acceptors (Lipinski definition) is 4. The van der Waals surface area contributed by atoms with Crippen molar-refractivity contribution in [3.8, 4) is 0 Å². The van der Waals surface area contributed by atoms with Crippen LogP contribution in [0, 0.1) is 0 Å². The van der Waals surface area contributed by atoms with E-state index in [1.165, 1.54) is 4.90 Å². The van der Waals surface area contributed by atoms with Gasteiger partial charge in [0.1, 0.15) is 0 Å². The van der Waals surface area contributed by atoms with Crippen molar-refractivity contribution >= 4 is 11.9 Å². The van der Waals surface area contributed by atoms with Gasteiger partial charge in [-0.05, 0) is 7.05 Å². The molecule has 14 heavy (non-hydrogen) atoms. The lowest BCUT2D eigenvalue weighted by atomic mass is 10.2. The van der Waals surface area contributed by atoms with E-state index in [0.29, 0.717) is 26.2 Å². The van der Waals surface area contributed by atoms with Crippen LogP contribution in [-0.2, 0) is 9.59 Å². The van der Waals surface area contributed by atoms with Gasteiger partial charge in [0, 0.05) is 26.2 Å². The summed E-state index contributed by atoms with van der Waals surface area (Å²) in [6.07, 6.45) is 0. The Labute approximate surface area is 81.7 Å². The highest BCUT2D eigenvalue weighted by atomic mass is 16.4. The summed E-state index contributed by atoms with van der Waals surface area (Å²) < 4.78 is 0. The maximum Gasteiger partial charge on any atom is 0.332 e. The Morgan fingerprint density at radius 1 is 1.07 bits per heavy atom. The van der Waals surface area contributed by atoms with Crippen molar-refractivity contribution in [2.24, 2.45) is 0 Å². The molecule has 0 unspecified atom stereocenters. The number of aliphatic carboxylic acids is 2. The molecule has 0 amide bonds. The first kappa shape index (κ1) is 10.9. The molecule has 1 heterocycles. The minimum atomic E-state index is -1.40. The SMILES string of the molecule is CN1CCN(C(C(=O)O)C(=O)O)CC1. The molecule has 1 aliphatic heterocycles. The molecule has 0 radical (unpaired) electrons. The number of likely N-dealkylation sites (N-methyl/N-ethyl adjacent to an activating group) is 1. The lowest BCUT2D eigenvalue weighted by Crippen LogP contribution is -2.54. The van der Waals surface area contributed by atoms with Gasteiger partial charge >= 0.3 is 11.9 Å². The summed E-state index contributed by atoms with van der Waals surface area (Å²) in [5.74, 6) is -2.58. The predicted octanol–water partition coefficient (Wildman–Crippen LogP) is -1.23. The van der Waals surface area contributed by atoms with Crippen molar-refractivity contribution in [2.75, 3.05) is 33.2 Å². The molecule has 0 aliphatic carbocycles. The summed E-state index contributed by atoms with van der Waals surface area (Å²) in [5, 5.41) is 17.5. The number of rotatable bonds is 3. The lowest BCUT2D eigenvalue weighted by molar-refractivity contribution is -0.157. The second-order valence-electron chi connectivity index (χ2n) is 3.42. The fourth-order valence-electron chi connectivity index (χ4n) is 1.50. The third kappa shape index (κ3) is 2.43. The number of piperazine rings is 1. The van der Waals surface area contributed by atoms with E-state index in [2.05, 4.69) is 0 Å². The molecule has 0 aromatic carbocycles. The summed E-state index contributed by atoms with van der Waals surface area (Å²) >= 11 is 0. The zero-order valence-electron chi connectivity index (χ0n) is 8.01. The molecule has 0 aromatic rings. The maximum absolute atomic E-state index is 10.7. The Kier molecular flexibility index (Phi) is 3.43. The standard InChI is InChI=1S/C8H14N2O4/c1-9-2-4-10(5-3-9)6(7(11)12)8(13)14/h6H,2-5H2,1H3,(H,11,12)(H,13,14). The molecule has 1 saturated heterocycles. The van der Waals surface area contributed by atoms with Crippen LogP contribution < -0.4 is 0 Å². The van der Waals surface area contributed by atoms with Gasteiger partial charge in [-0.1, -0.05) is 0 Å². The Morgan fingerprint density at radius 3 is 1.86 bits per heavy atom. The highest BCUT2D eigenvalue weighted by molar-refractivity contribution is 5.97. The molecule has 6 heteroatoms. The third-order valence-electron chi connectivity index (χ3n) is 2.37. The molecular weight excluding hydrogens is 188 g/mol. The fourth-order valence-corrected chi connectivity index (χ4v) is 1.50. The van der Waals surface area contributed by atoms with Gasteiger partial charge in [0.05, 0.1) is 0 Å². The molecule has 80 valence electrons. The van der Waals surface area contributed by atoms with Crippen LogP contribution in [0.2, 0.25) is 0 Å². The van der Waals surface area contributed by atoms with Gasteiger partial charge < -0.3 is 15.1 Å². The van der Waals surface area contributed by atoms with Crippen LogP contribution in [-0.4, -0.2) is 71.2 Å². The maximum atomic E-state index is 10.7. The van der Waals surface area contributed by atoms with E-state index in [1.807, 2.05) is 11.9 Å². The van der Waals surface area contributed by atoms with Crippen LogP contribution in [0.25, 0.3) is 0 Å². The summed E-state index contributed by atoms with van der Waals surface area (Å²) in [4.78, 5) is 24.9. The number of hydrogen-bond donors (Lipinski definition) is 2. The van der Waals surface area contributed by atoms with Crippen molar-refractivity contribution in [3.63, 3.8) is 0 Å². The van der Waals surface area contributed by atoms with E-state index in [0.717, 1.165) is 0 Å². The molecule has 0 bridgehead atoms. The number of carboxylic acid groups (broad SMARTS) is 2. The second-order valence-corrected chi connectivity index (χ2v) is 3.42. The zero-order chi connectivity index (χ0) is 10.7. The molecule has 0 spiro atoms. The molecule has 6 nitrogen and oxygen atoms in total. The number of carbonyl (C=O) groups is 2. The van der Waals surface area contributed by atoms with Gasteiger partial charge in [-0.3, -0.25) is 4.90 Å².